The third kappa shape index (κ3) is 1.25. The summed E-state index contributed by atoms with van der Waals surface area (Å²) < 4.78 is 2.13. The SMILES string of the molecule is C=Cn1c2ccccc2c2ccccc21.[C]. The number of nitrogens with zero attached hydrogens (tertiary/aromatic N) is 1. The molecule has 0 fully saturated rings. The first kappa shape index (κ1) is 10.5. The minimum Gasteiger partial charge on any atom is -0.317 e. The van der Waals surface area contributed by atoms with Gasteiger partial charge in [0.2, 0.25) is 0 Å². The number of fused-ring (bicyclic) bond motifs is 3. The maximum atomic E-state index is 3.87. The summed E-state index contributed by atoms with van der Waals surface area (Å²) in [6, 6.07) is 16.8. The number of hydrogen-bond donors (Lipinski definition) is 0. The molecule has 16 heavy (non-hydrogen) atoms. The van der Waals surface area contributed by atoms with Crippen molar-refractivity contribution in [3.05, 3.63) is 62.5 Å². The van der Waals surface area contributed by atoms with E-state index in [1.807, 2.05) is 6.20 Å². The molecule has 0 aliphatic heterocycles. The third-order valence-electron chi connectivity index (χ3n) is 2.80. The molecule has 1 nitrogen and oxygen atoms in total. The standard InChI is InChI=1S/C14H11N.C/c1-2-15-13-9-5-3-7-11(13)12-8-4-6-10-14(12)15;/h2-10H,1H2;. The van der Waals surface area contributed by atoms with Gasteiger partial charge in [0.05, 0.1) is 11.0 Å². The van der Waals surface area contributed by atoms with E-state index in [4.69, 9.17) is 0 Å². The van der Waals surface area contributed by atoms with Crippen LogP contribution in [0.2, 0.25) is 0 Å². The highest BCUT2D eigenvalue weighted by atomic mass is 14.9. The Hall–Kier alpha value is -2.02. The lowest BCUT2D eigenvalue weighted by Crippen LogP contribution is -1.82. The highest BCUT2D eigenvalue weighted by Crippen LogP contribution is 2.28. The monoisotopic (exact) mass is 205 g/mol. The predicted molar refractivity (Wildman–Crippen MR) is 69.1 cm³/mol. The molecule has 1 aromatic heterocycles. The second-order valence-corrected chi connectivity index (χ2v) is 3.59. The average molecular weight is 205 g/mol. The molecule has 2 aromatic carbocycles. The second kappa shape index (κ2) is 3.86. The van der Waals surface area contributed by atoms with Crippen LogP contribution in [-0.4, -0.2) is 4.57 Å². The lowest BCUT2D eigenvalue weighted by atomic mass is 10.2. The van der Waals surface area contributed by atoms with E-state index < -0.39 is 0 Å². The van der Waals surface area contributed by atoms with E-state index in [0.717, 1.165) is 0 Å². The molecule has 0 aliphatic carbocycles. The molecule has 0 bridgehead atoms. The van der Waals surface area contributed by atoms with Crippen molar-refractivity contribution in [2.75, 3.05) is 0 Å². The van der Waals surface area contributed by atoms with Crippen LogP contribution in [0.1, 0.15) is 0 Å². The van der Waals surface area contributed by atoms with Crippen LogP contribution in [0.15, 0.2) is 55.1 Å². The summed E-state index contributed by atoms with van der Waals surface area (Å²) in [5.41, 5.74) is 2.43. The Morgan fingerprint density at radius 3 is 1.69 bits per heavy atom. The van der Waals surface area contributed by atoms with Gasteiger partial charge in [-0.15, -0.1) is 0 Å². The molecular formula is C15H11N. The van der Waals surface area contributed by atoms with Gasteiger partial charge in [0.25, 0.3) is 0 Å². The maximum absolute atomic E-state index is 3.87. The number of rotatable bonds is 1. The fraction of sp³-hybridized carbons (Fsp3) is 0. The van der Waals surface area contributed by atoms with E-state index in [9.17, 15) is 0 Å². The zero-order valence-electron chi connectivity index (χ0n) is 8.85. The normalized spacial score (nSPS) is 10.2. The maximum Gasteiger partial charge on any atom is 0.0534 e. The van der Waals surface area contributed by atoms with Crippen LogP contribution in [0.3, 0.4) is 0 Å². The molecular weight excluding hydrogens is 194 g/mol. The van der Waals surface area contributed by atoms with Gasteiger partial charge in [0.15, 0.2) is 0 Å². The number of benzene rings is 2. The fourth-order valence-corrected chi connectivity index (χ4v) is 2.15. The molecule has 0 saturated heterocycles. The van der Waals surface area contributed by atoms with E-state index in [-0.39, 0.29) is 7.43 Å². The summed E-state index contributed by atoms with van der Waals surface area (Å²) in [6.45, 7) is 3.87. The fourth-order valence-electron chi connectivity index (χ4n) is 2.15. The Morgan fingerprint density at radius 2 is 1.25 bits per heavy atom. The van der Waals surface area contributed by atoms with E-state index >= 15 is 0 Å². The smallest absolute Gasteiger partial charge is 0.0534 e. The second-order valence-electron chi connectivity index (χ2n) is 3.59. The summed E-state index contributed by atoms with van der Waals surface area (Å²) in [7, 11) is 0. The summed E-state index contributed by atoms with van der Waals surface area (Å²) >= 11 is 0. The quantitative estimate of drug-likeness (QED) is 0.566. The molecule has 0 saturated carbocycles. The molecule has 76 valence electrons. The Morgan fingerprint density at radius 1 is 0.812 bits per heavy atom. The Labute approximate surface area is 95.6 Å². The molecule has 0 atom stereocenters. The van der Waals surface area contributed by atoms with Crippen LogP contribution in [-0.2, 0) is 0 Å². The average Bonchev–Trinajstić information content (AvgIpc) is 2.63. The van der Waals surface area contributed by atoms with Crippen molar-refractivity contribution in [3.8, 4) is 0 Å². The first-order valence-corrected chi connectivity index (χ1v) is 5.02. The third-order valence-corrected chi connectivity index (χ3v) is 2.80. The van der Waals surface area contributed by atoms with E-state index in [2.05, 4.69) is 59.7 Å². The lowest BCUT2D eigenvalue weighted by molar-refractivity contribution is 1.30. The van der Waals surface area contributed by atoms with E-state index in [0.29, 0.717) is 0 Å². The van der Waals surface area contributed by atoms with Gasteiger partial charge in [-0.25, -0.2) is 0 Å². The van der Waals surface area contributed by atoms with Gasteiger partial charge in [0, 0.05) is 24.4 Å². The summed E-state index contributed by atoms with van der Waals surface area (Å²) in [5, 5.41) is 2.57. The zero-order valence-corrected chi connectivity index (χ0v) is 8.85. The first-order chi connectivity index (χ1) is 7.42. The molecule has 0 amide bonds. The molecule has 3 rings (SSSR count). The summed E-state index contributed by atoms with van der Waals surface area (Å²) in [5.74, 6) is 0. The Balaban J connectivity index is 0.000000963. The van der Waals surface area contributed by atoms with Gasteiger partial charge in [-0.1, -0.05) is 43.0 Å². The molecule has 0 aliphatic rings. The molecule has 1 heterocycles. The van der Waals surface area contributed by atoms with Crippen molar-refractivity contribution in [2.24, 2.45) is 0 Å². The van der Waals surface area contributed by atoms with Crippen molar-refractivity contribution < 1.29 is 0 Å². The highest BCUT2D eigenvalue weighted by Gasteiger charge is 2.06. The van der Waals surface area contributed by atoms with E-state index in [1.165, 1.54) is 21.8 Å². The van der Waals surface area contributed by atoms with Gasteiger partial charge in [-0.2, -0.15) is 0 Å². The van der Waals surface area contributed by atoms with Gasteiger partial charge < -0.3 is 4.57 Å². The number of para-hydroxylation sites is 2. The van der Waals surface area contributed by atoms with E-state index in [1.54, 1.807) is 0 Å². The molecule has 0 unspecified atom stereocenters. The van der Waals surface area contributed by atoms with Gasteiger partial charge in [0.1, 0.15) is 0 Å². The lowest BCUT2D eigenvalue weighted by Gasteiger charge is -1.97. The summed E-state index contributed by atoms with van der Waals surface area (Å²) in [4.78, 5) is 0. The van der Waals surface area contributed by atoms with Gasteiger partial charge >= 0.3 is 0 Å². The zero-order chi connectivity index (χ0) is 10.3. The van der Waals surface area contributed by atoms with Crippen LogP contribution in [0, 0.1) is 7.43 Å². The van der Waals surface area contributed by atoms with Crippen LogP contribution in [0.25, 0.3) is 28.0 Å². The van der Waals surface area contributed by atoms with Crippen molar-refractivity contribution in [2.45, 2.75) is 0 Å². The largest absolute Gasteiger partial charge is 0.317 e. The number of hydrogen-bond acceptors (Lipinski definition) is 0. The highest BCUT2D eigenvalue weighted by molar-refractivity contribution is 6.09. The predicted octanol–water partition coefficient (Wildman–Crippen LogP) is 3.98. The van der Waals surface area contributed by atoms with Crippen molar-refractivity contribution >= 4 is 28.0 Å². The van der Waals surface area contributed by atoms with Crippen LogP contribution >= 0.6 is 0 Å². The van der Waals surface area contributed by atoms with Crippen molar-refractivity contribution in [3.63, 3.8) is 0 Å². The first-order valence-electron chi connectivity index (χ1n) is 5.02. The molecule has 0 N–H and O–H groups in total. The minimum absolute atomic E-state index is 0. The van der Waals surface area contributed by atoms with Crippen LogP contribution in [0.5, 0.6) is 0 Å². The molecule has 4 radical (unpaired) electrons. The Kier molecular flexibility index (Phi) is 2.53. The number of aromatic nitrogens is 1. The van der Waals surface area contributed by atoms with Gasteiger partial charge in [-0.3, -0.25) is 0 Å². The van der Waals surface area contributed by atoms with Crippen LogP contribution < -0.4 is 0 Å². The minimum atomic E-state index is 0. The topological polar surface area (TPSA) is 4.93 Å². The van der Waals surface area contributed by atoms with Gasteiger partial charge in [-0.05, 0) is 12.1 Å². The Bertz CT molecular complexity index is 593. The molecule has 3 aromatic rings. The van der Waals surface area contributed by atoms with Crippen molar-refractivity contribution in [1.82, 2.24) is 4.57 Å². The molecule has 1 heteroatoms. The summed E-state index contributed by atoms with van der Waals surface area (Å²) in [6.07, 6.45) is 1.87. The van der Waals surface area contributed by atoms with Crippen molar-refractivity contribution in [1.29, 1.82) is 0 Å². The van der Waals surface area contributed by atoms with Crippen LogP contribution in [0.4, 0.5) is 0 Å². The molecule has 0 spiro atoms.